The summed E-state index contributed by atoms with van der Waals surface area (Å²) in [5.41, 5.74) is 2.08. The highest BCUT2D eigenvalue weighted by Gasteiger charge is 2.42. The number of aryl methyl sites for hydroxylation is 1. The number of aliphatic carboxylic acids is 1. The lowest BCUT2D eigenvalue weighted by atomic mass is 10.1. The number of anilines is 1. The summed E-state index contributed by atoms with van der Waals surface area (Å²) >= 11 is 0. The fourth-order valence-corrected chi connectivity index (χ4v) is 6.82. The van der Waals surface area contributed by atoms with Crippen LogP contribution in [0, 0.1) is 0 Å². The van der Waals surface area contributed by atoms with Crippen LogP contribution in [0.1, 0.15) is 30.9 Å². The summed E-state index contributed by atoms with van der Waals surface area (Å²) in [4.78, 5) is 11.9. The molecular formula is C34H35NO8S. The van der Waals surface area contributed by atoms with Gasteiger partial charge in [0.05, 0.1) is 30.9 Å². The van der Waals surface area contributed by atoms with Crippen LogP contribution < -0.4 is 23.3 Å². The molecule has 0 bridgehead atoms. The Morgan fingerprint density at radius 2 is 1.57 bits per heavy atom. The molecule has 4 aromatic carbocycles. The summed E-state index contributed by atoms with van der Waals surface area (Å²) in [5, 5.41) is 9.77. The molecule has 1 aliphatic heterocycles. The van der Waals surface area contributed by atoms with Crippen LogP contribution in [-0.2, 0) is 27.7 Å². The zero-order valence-electron chi connectivity index (χ0n) is 24.6. The van der Waals surface area contributed by atoms with Crippen molar-refractivity contribution in [1.82, 2.24) is 0 Å². The van der Waals surface area contributed by atoms with Crippen LogP contribution in [0.15, 0.2) is 95.9 Å². The molecule has 1 atom stereocenters. The maximum absolute atomic E-state index is 13.7. The van der Waals surface area contributed by atoms with Gasteiger partial charge in [-0.2, -0.15) is 0 Å². The number of hydrogen-bond acceptors (Lipinski definition) is 7. The average molecular weight is 618 g/mol. The lowest BCUT2D eigenvalue weighted by Crippen LogP contribution is -2.42. The monoisotopic (exact) mass is 617 g/mol. The van der Waals surface area contributed by atoms with Crippen LogP contribution in [0.3, 0.4) is 0 Å². The van der Waals surface area contributed by atoms with E-state index in [1.54, 1.807) is 24.3 Å². The molecule has 1 aliphatic rings. The second kappa shape index (κ2) is 13.7. The highest BCUT2D eigenvalue weighted by molar-refractivity contribution is 7.93. The first-order chi connectivity index (χ1) is 21.3. The van der Waals surface area contributed by atoms with Gasteiger partial charge >= 0.3 is 5.97 Å². The van der Waals surface area contributed by atoms with E-state index in [-0.39, 0.29) is 17.1 Å². The van der Waals surface area contributed by atoms with Crippen molar-refractivity contribution in [3.05, 3.63) is 102 Å². The lowest BCUT2D eigenvalue weighted by molar-refractivity contribution is -0.138. The summed E-state index contributed by atoms with van der Waals surface area (Å²) in [5.74, 6) is 1.70. The van der Waals surface area contributed by atoms with Gasteiger partial charge in [-0.15, -0.1) is 0 Å². The van der Waals surface area contributed by atoms with Crippen molar-refractivity contribution in [2.75, 3.05) is 24.6 Å². The van der Waals surface area contributed by atoms with Gasteiger partial charge < -0.3 is 24.1 Å². The Bertz CT molecular complexity index is 1710. The van der Waals surface area contributed by atoms with Gasteiger partial charge in [0, 0.05) is 18.9 Å². The van der Waals surface area contributed by atoms with Crippen LogP contribution >= 0.6 is 0 Å². The summed E-state index contributed by atoms with van der Waals surface area (Å²) in [6, 6.07) is 25.3. The number of benzene rings is 4. The molecule has 0 aromatic heterocycles. The van der Waals surface area contributed by atoms with Crippen LogP contribution in [0.4, 0.5) is 5.69 Å². The van der Waals surface area contributed by atoms with Gasteiger partial charge in [-0.1, -0.05) is 49.7 Å². The minimum atomic E-state index is -4.20. The van der Waals surface area contributed by atoms with E-state index in [1.807, 2.05) is 48.5 Å². The number of para-hydroxylation sites is 2. The van der Waals surface area contributed by atoms with Crippen molar-refractivity contribution in [3.8, 4) is 28.7 Å². The maximum Gasteiger partial charge on any atom is 0.327 e. The molecule has 0 unspecified atom stereocenters. The smallest absolute Gasteiger partial charge is 0.327 e. The average Bonchev–Trinajstić information content (AvgIpc) is 3.44. The van der Waals surface area contributed by atoms with E-state index in [4.69, 9.17) is 18.9 Å². The number of carboxylic acid groups (broad SMARTS) is 1. The van der Waals surface area contributed by atoms with Crippen LogP contribution in [0.25, 0.3) is 0 Å². The fraction of sp³-hybridized carbons (Fsp3) is 0.265. The minimum absolute atomic E-state index is 0.0869. The zero-order chi connectivity index (χ0) is 31.1. The lowest BCUT2D eigenvalue weighted by Gasteiger charge is -2.24. The van der Waals surface area contributed by atoms with Gasteiger partial charge in [-0.05, 0) is 66.1 Å². The van der Waals surface area contributed by atoms with Crippen LogP contribution in [0.5, 0.6) is 28.7 Å². The molecule has 230 valence electrons. The minimum Gasteiger partial charge on any atom is -0.493 e. The molecule has 0 fully saturated rings. The Morgan fingerprint density at radius 3 is 2.30 bits per heavy atom. The Hall–Kier alpha value is -4.70. The van der Waals surface area contributed by atoms with E-state index >= 15 is 0 Å². The quantitative estimate of drug-likeness (QED) is 0.160. The summed E-state index contributed by atoms with van der Waals surface area (Å²) < 4.78 is 51.7. The number of fused-ring (bicyclic) bond motifs is 1. The second-order valence-corrected chi connectivity index (χ2v) is 12.1. The first-order valence-electron chi connectivity index (χ1n) is 14.5. The normalized spacial score (nSPS) is 14.1. The maximum atomic E-state index is 13.7. The third-order valence-electron chi connectivity index (χ3n) is 7.24. The molecule has 1 N–H and O–H groups in total. The highest BCUT2D eigenvalue weighted by atomic mass is 32.2. The second-order valence-electron chi connectivity index (χ2n) is 10.3. The summed E-state index contributed by atoms with van der Waals surface area (Å²) in [6.45, 7) is 2.83. The number of carbonyl (C=O) groups is 1. The van der Waals surface area contributed by atoms with E-state index < -0.39 is 22.0 Å². The van der Waals surface area contributed by atoms with Gasteiger partial charge in [0.1, 0.15) is 23.3 Å². The van der Waals surface area contributed by atoms with Gasteiger partial charge in [0.15, 0.2) is 11.5 Å². The predicted molar refractivity (Wildman–Crippen MR) is 167 cm³/mol. The molecule has 5 rings (SSSR count). The first-order valence-corrected chi connectivity index (χ1v) is 15.9. The molecule has 0 spiro atoms. The zero-order valence-corrected chi connectivity index (χ0v) is 25.5. The van der Waals surface area contributed by atoms with Crippen LogP contribution in [0.2, 0.25) is 0 Å². The Morgan fingerprint density at radius 1 is 0.864 bits per heavy atom. The van der Waals surface area contributed by atoms with Crippen LogP contribution in [-0.4, -0.2) is 45.9 Å². The fourth-order valence-electron chi connectivity index (χ4n) is 5.16. The number of nitrogens with zero attached hydrogens (tertiary/aromatic N) is 1. The van der Waals surface area contributed by atoms with E-state index in [2.05, 4.69) is 6.92 Å². The molecule has 0 amide bonds. The summed E-state index contributed by atoms with van der Waals surface area (Å²) in [6.07, 6.45) is 2.47. The van der Waals surface area contributed by atoms with Crippen molar-refractivity contribution in [3.63, 3.8) is 0 Å². The van der Waals surface area contributed by atoms with Crippen molar-refractivity contribution in [2.45, 2.75) is 43.5 Å². The van der Waals surface area contributed by atoms with Gasteiger partial charge in [-0.3, -0.25) is 4.31 Å². The van der Waals surface area contributed by atoms with E-state index in [9.17, 15) is 18.3 Å². The molecule has 0 aliphatic carbocycles. The van der Waals surface area contributed by atoms with Crippen molar-refractivity contribution in [2.24, 2.45) is 0 Å². The number of hydrogen-bond donors (Lipinski definition) is 1. The molecule has 0 saturated heterocycles. The molecule has 4 aromatic rings. The van der Waals surface area contributed by atoms with Gasteiger partial charge in [0.25, 0.3) is 10.0 Å². The third-order valence-corrected chi connectivity index (χ3v) is 9.06. The van der Waals surface area contributed by atoms with E-state index in [0.717, 1.165) is 40.0 Å². The first kappa shape index (κ1) is 30.7. The molecular weight excluding hydrogens is 582 g/mol. The Labute approximate surface area is 257 Å². The van der Waals surface area contributed by atoms with Crippen molar-refractivity contribution < 1.29 is 37.3 Å². The number of sulfonamides is 1. The number of carboxylic acids is 1. The van der Waals surface area contributed by atoms with Gasteiger partial charge in [0.2, 0.25) is 0 Å². The number of ether oxygens (including phenoxy) is 4. The van der Waals surface area contributed by atoms with E-state index in [0.29, 0.717) is 36.6 Å². The van der Waals surface area contributed by atoms with Gasteiger partial charge in [-0.25, -0.2) is 13.2 Å². The molecule has 44 heavy (non-hydrogen) atoms. The number of methoxy groups -OCH3 is 1. The topological polar surface area (TPSA) is 112 Å². The largest absolute Gasteiger partial charge is 0.493 e. The molecule has 0 saturated carbocycles. The Balaban J connectivity index is 1.21. The standard InChI is InChI=1S/C34H35NO8S/c1-3-10-25-21-27(43-26-12-5-4-6-13-26)15-17-31(25)41-19-9-20-42-32-18-16-28(23-33(32)40-2)44(38,39)35-29-14-8-7-11-24(29)22-30(35)34(36)37/h4-8,11-18,21,23,30H,3,9-10,19-20,22H2,1-2H3,(H,36,37)/t30-/m1/s1. The highest BCUT2D eigenvalue weighted by Crippen LogP contribution is 2.39. The molecule has 0 radical (unpaired) electrons. The molecule has 1 heterocycles. The predicted octanol–water partition coefficient (Wildman–Crippen LogP) is 6.49. The number of rotatable bonds is 14. The molecule has 9 nitrogen and oxygen atoms in total. The van der Waals surface area contributed by atoms with E-state index in [1.165, 1.54) is 25.3 Å². The van der Waals surface area contributed by atoms with Crippen molar-refractivity contribution in [1.29, 1.82) is 0 Å². The molecule has 10 heteroatoms. The third kappa shape index (κ3) is 6.75. The summed E-state index contributed by atoms with van der Waals surface area (Å²) in [7, 11) is -2.77. The van der Waals surface area contributed by atoms with Crippen molar-refractivity contribution >= 4 is 21.7 Å². The Kier molecular flexibility index (Phi) is 9.59. The SMILES string of the molecule is CCCc1cc(Oc2ccccc2)ccc1OCCCOc1ccc(S(=O)(=O)N2c3ccccc3C[C@@H]2C(=O)O)cc1OC.